The van der Waals surface area contributed by atoms with Crippen LogP contribution in [0.2, 0.25) is 5.15 Å². The van der Waals surface area contributed by atoms with E-state index in [0.29, 0.717) is 28.5 Å². The fraction of sp³-hybridized carbons (Fsp3) is 0.208. The van der Waals surface area contributed by atoms with Crippen LogP contribution >= 0.6 is 11.6 Å². The molecule has 1 aromatic heterocycles. The zero-order valence-corrected chi connectivity index (χ0v) is 18.7. The van der Waals surface area contributed by atoms with Crippen LogP contribution < -0.4 is 10.6 Å². The van der Waals surface area contributed by atoms with Crippen LogP contribution in [0.3, 0.4) is 0 Å². The SMILES string of the molecule is CNC(=O)c1ccc(NC(=O)/C=C/c2c(C)nn(Cc3ccc(C)cc3)c2Cl)c(C)c1. The maximum absolute atomic E-state index is 12.4. The van der Waals surface area contributed by atoms with Gasteiger partial charge in [0.25, 0.3) is 5.91 Å². The van der Waals surface area contributed by atoms with Gasteiger partial charge in [0.15, 0.2) is 0 Å². The molecule has 0 saturated heterocycles. The van der Waals surface area contributed by atoms with Gasteiger partial charge in [-0.25, -0.2) is 4.68 Å². The molecule has 0 atom stereocenters. The Hall–Kier alpha value is -3.38. The molecule has 3 rings (SSSR count). The van der Waals surface area contributed by atoms with Crippen LogP contribution in [-0.4, -0.2) is 28.6 Å². The van der Waals surface area contributed by atoms with Crippen LogP contribution in [0.1, 0.15) is 38.3 Å². The Morgan fingerprint density at radius 3 is 2.45 bits per heavy atom. The summed E-state index contributed by atoms with van der Waals surface area (Å²) < 4.78 is 1.72. The van der Waals surface area contributed by atoms with E-state index in [1.807, 2.05) is 45.0 Å². The summed E-state index contributed by atoms with van der Waals surface area (Å²) in [6.07, 6.45) is 3.10. The lowest BCUT2D eigenvalue weighted by atomic mass is 10.1. The monoisotopic (exact) mass is 436 g/mol. The minimum absolute atomic E-state index is 0.173. The van der Waals surface area contributed by atoms with Gasteiger partial charge in [-0.3, -0.25) is 9.59 Å². The third kappa shape index (κ3) is 5.41. The summed E-state index contributed by atoms with van der Waals surface area (Å²) in [5, 5.41) is 10.4. The van der Waals surface area contributed by atoms with E-state index < -0.39 is 0 Å². The van der Waals surface area contributed by atoms with Gasteiger partial charge in [-0.2, -0.15) is 5.10 Å². The highest BCUT2D eigenvalue weighted by Gasteiger charge is 2.12. The van der Waals surface area contributed by atoms with Gasteiger partial charge in [0.1, 0.15) is 5.15 Å². The van der Waals surface area contributed by atoms with Gasteiger partial charge < -0.3 is 10.6 Å². The molecular formula is C24H25ClN4O2. The molecule has 1 heterocycles. The van der Waals surface area contributed by atoms with E-state index in [0.717, 1.165) is 16.8 Å². The fourth-order valence-electron chi connectivity index (χ4n) is 3.15. The molecule has 2 amide bonds. The largest absolute Gasteiger partial charge is 0.355 e. The topological polar surface area (TPSA) is 76.0 Å². The number of hydrogen-bond donors (Lipinski definition) is 2. The molecule has 31 heavy (non-hydrogen) atoms. The van der Waals surface area contributed by atoms with E-state index in [-0.39, 0.29) is 11.8 Å². The van der Waals surface area contributed by atoms with E-state index in [4.69, 9.17) is 11.6 Å². The first-order valence-corrected chi connectivity index (χ1v) is 10.3. The molecule has 0 unspecified atom stereocenters. The van der Waals surface area contributed by atoms with Gasteiger partial charge in [0, 0.05) is 29.9 Å². The fourth-order valence-corrected chi connectivity index (χ4v) is 3.45. The molecule has 0 fully saturated rings. The van der Waals surface area contributed by atoms with Crippen molar-refractivity contribution >= 4 is 35.2 Å². The second-order valence-corrected chi connectivity index (χ2v) is 7.72. The first-order chi connectivity index (χ1) is 14.8. The summed E-state index contributed by atoms with van der Waals surface area (Å²) in [5.74, 6) is -0.466. The van der Waals surface area contributed by atoms with Gasteiger partial charge in [-0.15, -0.1) is 0 Å². The van der Waals surface area contributed by atoms with E-state index >= 15 is 0 Å². The highest BCUT2D eigenvalue weighted by atomic mass is 35.5. The maximum atomic E-state index is 12.4. The molecule has 6 nitrogen and oxygen atoms in total. The van der Waals surface area contributed by atoms with Gasteiger partial charge in [-0.1, -0.05) is 41.4 Å². The van der Waals surface area contributed by atoms with Crippen molar-refractivity contribution in [3.63, 3.8) is 0 Å². The van der Waals surface area contributed by atoms with E-state index in [1.54, 1.807) is 36.0 Å². The number of nitrogens with zero attached hydrogens (tertiary/aromatic N) is 2. The number of hydrogen-bond acceptors (Lipinski definition) is 3. The maximum Gasteiger partial charge on any atom is 0.251 e. The first kappa shape index (κ1) is 22.3. The summed E-state index contributed by atoms with van der Waals surface area (Å²) >= 11 is 6.52. The van der Waals surface area contributed by atoms with Crippen LogP contribution in [-0.2, 0) is 11.3 Å². The number of amides is 2. The standard InChI is InChI=1S/C24H25ClN4O2/c1-15-5-7-18(8-6-15)14-29-23(25)20(17(3)28-29)10-12-22(30)27-21-11-9-19(13-16(21)2)24(31)26-4/h5-13H,14H2,1-4H3,(H,26,31)(H,27,30)/b12-10+. The summed E-state index contributed by atoms with van der Waals surface area (Å²) in [5.41, 5.74) is 5.71. The Bertz CT molecular complexity index is 1150. The third-order valence-electron chi connectivity index (χ3n) is 4.94. The first-order valence-electron chi connectivity index (χ1n) is 9.88. The zero-order valence-electron chi connectivity index (χ0n) is 18.0. The average Bonchev–Trinajstić information content (AvgIpc) is 3.01. The Morgan fingerprint density at radius 1 is 1.10 bits per heavy atom. The number of carbonyl (C=O) groups is 2. The Balaban J connectivity index is 1.71. The molecule has 160 valence electrons. The highest BCUT2D eigenvalue weighted by Crippen LogP contribution is 2.23. The van der Waals surface area contributed by atoms with E-state index in [1.165, 1.54) is 11.6 Å². The van der Waals surface area contributed by atoms with Crippen molar-refractivity contribution in [2.45, 2.75) is 27.3 Å². The van der Waals surface area contributed by atoms with Crippen molar-refractivity contribution in [1.29, 1.82) is 0 Å². The minimum atomic E-state index is -0.294. The molecule has 0 spiro atoms. The van der Waals surface area contributed by atoms with Gasteiger partial charge >= 0.3 is 0 Å². The predicted octanol–water partition coefficient (Wildman–Crippen LogP) is 4.52. The molecule has 0 aliphatic carbocycles. The molecule has 0 aliphatic heterocycles. The minimum Gasteiger partial charge on any atom is -0.355 e. The summed E-state index contributed by atoms with van der Waals surface area (Å²) in [6, 6.07) is 13.3. The number of aromatic nitrogens is 2. The molecule has 7 heteroatoms. The number of aryl methyl sites for hydroxylation is 3. The van der Waals surface area contributed by atoms with Crippen LogP contribution in [0.25, 0.3) is 6.08 Å². The lowest BCUT2D eigenvalue weighted by Gasteiger charge is -2.08. The molecule has 2 N–H and O–H groups in total. The number of anilines is 1. The molecule has 0 bridgehead atoms. The van der Waals surface area contributed by atoms with E-state index in [9.17, 15) is 9.59 Å². The van der Waals surface area contributed by atoms with Crippen LogP contribution in [0.5, 0.6) is 0 Å². The smallest absolute Gasteiger partial charge is 0.251 e. The van der Waals surface area contributed by atoms with Crippen molar-refractivity contribution < 1.29 is 9.59 Å². The second-order valence-electron chi connectivity index (χ2n) is 7.36. The molecule has 0 saturated carbocycles. The Labute approximate surface area is 186 Å². The normalized spacial score (nSPS) is 11.0. The molecule has 0 aliphatic rings. The summed E-state index contributed by atoms with van der Waals surface area (Å²) in [7, 11) is 1.58. The summed E-state index contributed by atoms with van der Waals surface area (Å²) in [4.78, 5) is 24.1. The zero-order chi connectivity index (χ0) is 22.5. The number of carbonyl (C=O) groups excluding carboxylic acids is 2. The van der Waals surface area contributed by atoms with Gasteiger partial charge in [-0.05, 0) is 56.2 Å². The Kier molecular flexibility index (Phi) is 6.92. The number of benzene rings is 2. The van der Waals surface area contributed by atoms with Crippen molar-refractivity contribution in [2.75, 3.05) is 12.4 Å². The third-order valence-corrected chi connectivity index (χ3v) is 5.34. The second kappa shape index (κ2) is 9.62. The molecular weight excluding hydrogens is 412 g/mol. The van der Waals surface area contributed by atoms with Crippen molar-refractivity contribution in [3.05, 3.63) is 87.2 Å². The quantitative estimate of drug-likeness (QED) is 0.558. The van der Waals surface area contributed by atoms with E-state index in [2.05, 4.69) is 15.7 Å². The number of rotatable bonds is 6. The molecule has 3 aromatic rings. The lowest BCUT2D eigenvalue weighted by molar-refractivity contribution is -0.111. The lowest BCUT2D eigenvalue weighted by Crippen LogP contribution is -2.18. The van der Waals surface area contributed by atoms with Gasteiger partial charge in [0.2, 0.25) is 5.91 Å². The predicted molar refractivity (Wildman–Crippen MR) is 124 cm³/mol. The highest BCUT2D eigenvalue weighted by molar-refractivity contribution is 6.31. The number of nitrogens with one attached hydrogen (secondary N) is 2. The van der Waals surface area contributed by atoms with Crippen molar-refractivity contribution in [2.24, 2.45) is 0 Å². The van der Waals surface area contributed by atoms with Gasteiger partial charge in [0.05, 0.1) is 12.2 Å². The van der Waals surface area contributed by atoms with Crippen LogP contribution in [0.4, 0.5) is 5.69 Å². The molecule has 0 radical (unpaired) electrons. The van der Waals surface area contributed by atoms with Crippen molar-refractivity contribution in [3.8, 4) is 0 Å². The average molecular weight is 437 g/mol. The van der Waals surface area contributed by atoms with Crippen LogP contribution in [0.15, 0.2) is 48.5 Å². The Morgan fingerprint density at radius 2 is 1.81 bits per heavy atom. The molecule has 2 aromatic carbocycles. The summed E-state index contributed by atoms with van der Waals surface area (Å²) in [6.45, 7) is 6.29. The van der Waals surface area contributed by atoms with Crippen molar-refractivity contribution in [1.82, 2.24) is 15.1 Å². The van der Waals surface area contributed by atoms with Crippen LogP contribution in [0, 0.1) is 20.8 Å². The number of halogens is 1.